The van der Waals surface area contributed by atoms with Gasteiger partial charge in [0.05, 0.1) is 6.10 Å². The van der Waals surface area contributed by atoms with E-state index >= 15 is 0 Å². The zero-order chi connectivity index (χ0) is 12.8. The molecule has 0 aliphatic carbocycles. The minimum Gasteiger partial charge on any atom is -0.377 e. The van der Waals surface area contributed by atoms with Crippen molar-refractivity contribution < 1.29 is 6.16 Å². The molecule has 0 amide bonds. The molecule has 0 bridgehead atoms. The number of nitrogens with zero attached hydrogens (tertiary/aromatic N) is 1. The second kappa shape index (κ2) is 6.62. The molecule has 3 nitrogen and oxygen atoms in total. The van der Waals surface area contributed by atoms with Gasteiger partial charge in [-0.15, -0.1) is 0 Å². The molecule has 1 aromatic carbocycles. The molecule has 1 unspecified atom stereocenters. The second-order valence-corrected chi connectivity index (χ2v) is 4.53. The molecule has 0 fully saturated rings. The smallest absolute Gasteiger partial charge is 0.0721 e. The van der Waals surface area contributed by atoms with Gasteiger partial charge in [0.15, 0.2) is 0 Å². The van der Waals surface area contributed by atoms with E-state index in [4.69, 9.17) is 10.5 Å². The molecule has 0 saturated heterocycles. The van der Waals surface area contributed by atoms with Gasteiger partial charge in [-0.3, -0.25) is 0 Å². The fourth-order valence-electron chi connectivity index (χ4n) is 1.86. The second-order valence-electron chi connectivity index (χ2n) is 4.53. The summed E-state index contributed by atoms with van der Waals surface area (Å²) >= 11 is 0. The number of benzene rings is 1. The highest BCUT2D eigenvalue weighted by molar-refractivity contribution is 5.47. The van der Waals surface area contributed by atoms with Crippen LogP contribution < -0.4 is 10.6 Å². The SMILES string of the molecule is CCO[C@H](C)CN(C)c1ccc(C(C)N)cc1.[HH]. The van der Waals surface area contributed by atoms with E-state index in [0.717, 1.165) is 13.2 Å². The summed E-state index contributed by atoms with van der Waals surface area (Å²) in [4.78, 5) is 2.20. The Morgan fingerprint density at radius 3 is 2.35 bits per heavy atom. The van der Waals surface area contributed by atoms with Gasteiger partial charge >= 0.3 is 0 Å². The van der Waals surface area contributed by atoms with Crippen molar-refractivity contribution in [3.05, 3.63) is 29.8 Å². The topological polar surface area (TPSA) is 38.5 Å². The van der Waals surface area contributed by atoms with Crippen molar-refractivity contribution in [1.29, 1.82) is 0 Å². The third-order valence-electron chi connectivity index (χ3n) is 2.84. The molecule has 1 aromatic rings. The van der Waals surface area contributed by atoms with Crippen molar-refractivity contribution in [3.8, 4) is 0 Å². The Balaban J connectivity index is 0.00000289. The lowest BCUT2D eigenvalue weighted by molar-refractivity contribution is 0.0818. The normalized spacial score (nSPS) is 14.4. The number of hydrogen-bond acceptors (Lipinski definition) is 3. The summed E-state index contributed by atoms with van der Waals surface area (Å²) in [6, 6.07) is 8.48. The fourth-order valence-corrected chi connectivity index (χ4v) is 1.86. The molecule has 98 valence electrons. The zero-order valence-electron chi connectivity index (χ0n) is 11.3. The molecule has 17 heavy (non-hydrogen) atoms. The Bertz CT molecular complexity index is 327. The molecule has 0 aliphatic rings. The first-order chi connectivity index (χ1) is 8.04. The third-order valence-corrected chi connectivity index (χ3v) is 2.84. The summed E-state index contributed by atoms with van der Waals surface area (Å²) < 4.78 is 5.53. The maximum Gasteiger partial charge on any atom is 0.0721 e. The molecular formula is C14H26N2O. The van der Waals surface area contributed by atoms with Gasteiger partial charge in [0.1, 0.15) is 0 Å². The van der Waals surface area contributed by atoms with Crippen LogP contribution in [-0.2, 0) is 4.74 Å². The molecule has 0 aromatic heterocycles. The van der Waals surface area contributed by atoms with Crippen LogP contribution in [0.5, 0.6) is 0 Å². The first-order valence-corrected chi connectivity index (χ1v) is 6.22. The van der Waals surface area contributed by atoms with E-state index in [0.29, 0.717) is 0 Å². The molecule has 0 aliphatic heterocycles. The largest absolute Gasteiger partial charge is 0.377 e. The van der Waals surface area contributed by atoms with E-state index in [1.807, 2.05) is 13.8 Å². The van der Waals surface area contributed by atoms with Gasteiger partial charge in [-0.25, -0.2) is 0 Å². The van der Waals surface area contributed by atoms with Gasteiger partial charge in [0.2, 0.25) is 0 Å². The van der Waals surface area contributed by atoms with Crippen LogP contribution in [0.25, 0.3) is 0 Å². The van der Waals surface area contributed by atoms with Crippen molar-refractivity contribution in [2.45, 2.75) is 32.9 Å². The molecule has 0 heterocycles. The Labute approximate surface area is 106 Å². The number of likely N-dealkylation sites (N-methyl/N-ethyl adjacent to an activating group) is 1. The van der Waals surface area contributed by atoms with Crippen molar-refractivity contribution in [1.82, 2.24) is 0 Å². The van der Waals surface area contributed by atoms with Gasteiger partial charge < -0.3 is 15.4 Å². The van der Waals surface area contributed by atoms with E-state index in [9.17, 15) is 0 Å². The first kappa shape index (κ1) is 14.0. The number of rotatable bonds is 6. The highest BCUT2D eigenvalue weighted by Crippen LogP contribution is 2.17. The summed E-state index contributed by atoms with van der Waals surface area (Å²) in [5, 5.41) is 0. The molecule has 3 heteroatoms. The quantitative estimate of drug-likeness (QED) is 0.828. The minimum atomic E-state index is 0. The summed E-state index contributed by atoms with van der Waals surface area (Å²) in [6.45, 7) is 7.77. The van der Waals surface area contributed by atoms with Crippen LogP contribution in [0.3, 0.4) is 0 Å². The Kier molecular flexibility index (Phi) is 5.45. The van der Waals surface area contributed by atoms with Crippen molar-refractivity contribution >= 4 is 5.69 Å². The Hall–Kier alpha value is -1.06. The first-order valence-electron chi connectivity index (χ1n) is 6.22. The molecule has 0 spiro atoms. The predicted octanol–water partition coefficient (Wildman–Crippen LogP) is 2.81. The molecular weight excluding hydrogens is 212 g/mol. The molecule has 2 atom stereocenters. The molecule has 0 radical (unpaired) electrons. The molecule has 1 rings (SSSR count). The van der Waals surface area contributed by atoms with Crippen molar-refractivity contribution in [3.63, 3.8) is 0 Å². The van der Waals surface area contributed by atoms with Gasteiger partial charge in [-0.2, -0.15) is 0 Å². The summed E-state index contributed by atoms with van der Waals surface area (Å²) in [7, 11) is 2.08. The van der Waals surface area contributed by atoms with Gasteiger partial charge in [0, 0.05) is 33.4 Å². The lowest BCUT2D eigenvalue weighted by Gasteiger charge is -2.23. The summed E-state index contributed by atoms with van der Waals surface area (Å²) in [6.07, 6.45) is 0.248. The lowest BCUT2D eigenvalue weighted by Crippen LogP contribution is -2.29. The monoisotopic (exact) mass is 238 g/mol. The van der Waals surface area contributed by atoms with E-state index < -0.39 is 0 Å². The standard InChI is InChI=1S/C14H24N2O.H2/c1-5-17-11(2)10-16(4)14-8-6-13(7-9-14)12(3)15;/h6-9,11-12H,5,10,15H2,1-4H3;1H/t11-,12?;/m1./s1. The highest BCUT2D eigenvalue weighted by atomic mass is 16.5. The van der Waals surface area contributed by atoms with E-state index in [2.05, 4.69) is 43.1 Å². The highest BCUT2D eigenvalue weighted by Gasteiger charge is 2.07. The van der Waals surface area contributed by atoms with E-state index in [1.165, 1.54) is 11.3 Å². The molecule has 2 N–H and O–H groups in total. The van der Waals surface area contributed by atoms with Gasteiger partial charge in [0.25, 0.3) is 0 Å². The minimum absolute atomic E-state index is 0. The average Bonchev–Trinajstić information content (AvgIpc) is 2.29. The fraction of sp³-hybridized carbons (Fsp3) is 0.571. The van der Waals surface area contributed by atoms with Gasteiger partial charge in [-0.1, -0.05) is 12.1 Å². The van der Waals surface area contributed by atoms with Crippen molar-refractivity contribution in [2.75, 3.05) is 25.1 Å². The predicted molar refractivity (Wildman–Crippen MR) is 75.5 cm³/mol. The zero-order valence-corrected chi connectivity index (χ0v) is 11.3. The summed E-state index contributed by atoms with van der Waals surface area (Å²) in [5.74, 6) is 0. The third kappa shape index (κ3) is 4.36. The van der Waals surface area contributed by atoms with Crippen LogP contribution in [0.2, 0.25) is 0 Å². The van der Waals surface area contributed by atoms with Gasteiger partial charge in [-0.05, 0) is 38.5 Å². The van der Waals surface area contributed by atoms with E-state index in [-0.39, 0.29) is 13.6 Å². The van der Waals surface area contributed by atoms with Crippen LogP contribution in [0.1, 0.15) is 33.8 Å². The maximum absolute atomic E-state index is 5.83. The van der Waals surface area contributed by atoms with Crippen LogP contribution in [0.15, 0.2) is 24.3 Å². The Morgan fingerprint density at radius 1 is 1.29 bits per heavy atom. The number of hydrogen-bond donors (Lipinski definition) is 1. The summed E-state index contributed by atoms with van der Waals surface area (Å²) in [5.41, 5.74) is 8.19. The average molecular weight is 238 g/mol. The number of ether oxygens (including phenoxy) is 1. The van der Waals surface area contributed by atoms with Crippen LogP contribution in [0.4, 0.5) is 5.69 Å². The van der Waals surface area contributed by atoms with E-state index in [1.54, 1.807) is 0 Å². The van der Waals surface area contributed by atoms with Crippen LogP contribution in [0, 0.1) is 0 Å². The number of anilines is 1. The lowest BCUT2D eigenvalue weighted by atomic mass is 10.1. The molecule has 0 saturated carbocycles. The van der Waals surface area contributed by atoms with Crippen LogP contribution >= 0.6 is 0 Å². The Morgan fingerprint density at radius 2 is 1.88 bits per heavy atom. The van der Waals surface area contributed by atoms with Crippen molar-refractivity contribution in [2.24, 2.45) is 5.73 Å². The number of nitrogens with two attached hydrogens (primary N) is 1. The maximum atomic E-state index is 5.83. The van der Waals surface area contributed by atoms with Crippen LogP contribution in [-0.4, -0.2) is 26.3 Å².